The molecule has 0 radical (unpaired) electrons. The molecule has 0 atom stereocenters. The van der Waals surface area contributed by atoms with E-state index in [-0.39, 0.29) is 12.4 Å². The Balaban J connectivity index is 2.70. The zero-order chi connectivity index (χ0) is 9.42. The van der Waals surface area contributed by atoms with Crippen molar-refractivity contribution < 1.29 is 9.50 Å². The van der Waals surface area contributed by atoms with Gasteiger partial charge in [0, 0.05) is 9.58 Å². The fourth-order valence-electron chi connectivity index (χ4n) is 1.29. The lowest BCUT2D eigenvalue weighted by molar-refractivity contribution is 0.285. The Morgan fingerprint density at radius 2 is 2.15 bits per heavy atom. The van der Waals surface area contributed by atoms with Gasteiger partial charge in [0.2, 0.25) is 0 Å². The van der Waals surface area contributed by atoms with Crippen molar-refractivity contribution in [3.05, 3.63) is 34.5 Å². The van der Waals surface area contributed by atoms with E-state index in [0.717, 1.165) is 15.0 Å². The summed E-state index contributed by atoms with van der Waals surface area (Å²) in [6, 6.07) is 5.15. The van der Waals surface area contributed by atoms with Gasteiger partial charge < -0.3 is 5.11 Å². The molecule has 3 heteroatoms. The summed E-state index contributed by atoms with van der Waals surface area (Å²) >= 11 is 1.50. The number of thiophene rings is 1. The number of fused-ring (bicyclic) bond motifs is 1. The highest BCUT2D eigenvalue weighted by Crippen LogP contribution is 2.27. The highest BCUT2D eigenvalue weighted by atomic mass is 32.1. The Morgan fingerprint density at radius 3 is 2.85 bits per heavy atom. The highest BCUT2D eigenvalue weighted by molar-refractivity contribution is 7.19. The molecule has 0 aliphatic rings. The number of hydrogen-bond acceptors (Lipinski definition) is 2. The summed E-state index contributed by atoms with van der Waals surface area (Å²) in [5, 5.41) is 9.77. The summed E-state index contributed by atoms with van der Waals surface area (Å²) in [5.74, 6) is -0.185. The molecule has 0 unspecified atom stereocenters. The maximum absolute atomic E-state index is 13.1. The lowest BCUT2D eigenvalue weighted by Crippen LogP contribution is -1.78. The maximum atomic E-state index is 13.1. The van der Waals surface area contributed by atoms with E-state index in [9.17, 15) is 4.39 Å². The summed E-state index contributed by atoms with van der Waals surface area (Å²) in [5.41, 5.74) is 0.652. The Bertz CT molecular complexity index is 408. The number of hydrogen-bond donors (Lipinski definition) is 1. The monoisotopic (exact) mass is 196 g/mol. The van der Waals surface area contributed by atoms with Crippen molar-refractivity contribution in [3.63, 3.8) is 0 Å². The van der Waals surface area contributed by atoms with Crippen LogP contribution in [0.2, 0.25) is 0 Å². The van der Waals surface area contributed by atoms with Crippen molar-refractivity contribution >= 4 is 21.4 Å². The average Bonchev–Trinajstić information content (AvgIpc) is 2.48. The fraction of sp³-hybridized carbons (Fsp3) is 0.200. The van der Waals surface area contributed by atoms with E-state index >= 15 is 0 Å². The molecule has 1 N–H and O–H groups in total. The summed E-state index contributed by atoms with van der Waals surface area (Å²) in [4.78, 5) is 0.875. The van der Waals surface area contributed by atoms with Gasteiger partial charge in [0.05, 0.1) is 6.61 Å². The van der Waals surface area contributed by atoms with Gasteiger partial charge in [-0.1, -0.05) is 0 Å². The van der Waals surface area contributed by atoms with Gasteiger partial charge in [-0.3, -0.25) is 0 Å². The van der Waals surface area contributed by atoms with Gasteiger partial charge in [-0.15, -0.1) is 11.3 Å². The number of aryl methyl sites for hydroxylation is 1. The first kappa shape index (κ1) is 8.66. The van der Waals surface area contributed by atoms with E-state index < -0.39 is 0 Å². The van der Waals surface area contributed by atoms with Crippen LogP contribution in [-0.2, 0) is 6.61 Å². The molecule has 0 bridgehead atoms. The van der Waals surface area contributed by atoms with Gasteiger partial charge >= 0.3 is 0 Å². The normalized spacial score (nSPS) is 11.0. The van der Waals surface area contributed by atoms with Gasteiger partial charge in [-0.2, -0.15) is 0 Å². The van der Waals surface area contributed by atoms with Crippen LogP contribution in [0.4, 0.5) is 4.39 Å². The van der Waals surface area contributed by atoms with Gasteiger partial charge in [0.1, 0.15) is 5.82 Å². The van der Waals surface area contributed by atoms with Crippen LogP contribution in [0.5, 0.6) is 0 Å². The Labute approximate surface area is 79.4 Å². The van der Waals surface area contributed by atoms with Crippen molar-refractivity contribution in [3.8, 4) is 0 Å². The van der Waals surface area contributed by atoms with Crippen molar-refractivity contribution in [2.75, 3.05) is 0 Å². The minimum atomic E-state index is -0.185. The minimum Gasteiger partial charge on any atom is -0.391 e. The first-order valence-corrected chi connectivity index (χ1v) is 4.82. The maximum Gasteiger partial charge on any atom is 0.126 e. The van der Waals surface area contributed by atoms with Crippen LogP contribution >= 0.6 is 11.3 Å². The molecule has 0 saturated heterocycles. The van der Waals surface area contributed by atoms with Gasteiger partial charge in [-0.05, 0) is 36.1 Å². The third-order valence-corrected chi connectivity index (χ3v) is 3.09. The zero-order valence-electron chi connectivity index (χ0n) is 7.17. The number of rotatable bonds is 1. The second-order valence-corrected chi connectivity index (χ2v) is 4.18. The molecule has 0 aliphatic carbocycles. The molecule has 2 rings (SSSR count). The molecule has 0 aliphatic heterocycles. The van der Waals surface area contributed by atoms with Crippen LogP contribution < -0.4 is 0 Å². The number of aliphatic hydroxyl groups is 1. The van der Waals surface area contributed by atoms with E-state index in [0.29, 0.717) is 5.56 Å². The molecule has 1 nitrogen and oxygen atoms in total. The van der Waals surface area contributed by atoms with E-state index in [1.807, 2.05) is 12.1 Å². The average molecular weight is 196 g/mol. The van der Waals surface area contributed by atoms with E-state index in [4.69, 9.17) is 5.11 Å². The van der Waals surface area contributed by atoms with Crippen molar-refractivity contribution in [2.24, 2.45) is 0 Å². The van der Waals surface area contributed by atoms with Gasteiger partial charge in [0.15, 0.2) is 0 Å². The Morgan fingerprint density at radius 1 is 1.38 bits per heavy atom. The van der Waals surface area contributed by atoms with Crippen LogP contribution in [0, 0.1) is 12.7 Å². The standard InChI is InChI=1S/C10H9FOS/c1-6-2-10-7(4-9(6)11)3-8(5-12)13-10/h2-4,12H,5H2,1H3. The second-order valence-electron chi connectivity index (χ2n) is 3.01. The number of aliphatic hydroxyl groups excluding tert-OH is 1. The molecule has 13 heavy (non-hydrogen) atoms. The summed E-state index contributed by atoms with van der Waals surface area (Å²) in [6.07, 6.45) is 0. The summed E-state index contributed by atoms with van der Waals surface area (Å²) in [7, 11) is 0. The lowest BCUT2D eigenvalue weighted by Gasteiger charge is -1.94. The number of benzene rings is 1. The first-order valence-electron chi connectivity index (χ1n) is 4.00. The molecule has 0 amide bonds. The molecule has 68 valence electrons. The quantitative estimate of drug-likeness (QED) is 0.743. The van der Waals surface area contributed by atoms with E-state index in [1.165, 1.54) is 17.4 Å². The lowest BCUT2D eigenvalue weighted by atomic mass is 10.2. The van der Waals surface area contributed by atoms with Gasteiger partial charge in [-0.25, -0.2) is 4.39 Å². The number of halogens is 1. The van der Waals surface area contributed by atoms with Crippen molar-refractivity contribution in [1.29, 1.82) is 0 Å². The van der Waals surface area contributed by atoms with Crippen LogP contribution in [0.15, 0.2) is 18.2 Å². The summed E-state index contributed by atoms with van der Waals surface area (Å²) in [6.45, 7) is 1.77. The zero-order valence-corrected chi connectivity index (χ0v) is 7.99. The summed E-state index contributed by atoms with van der Waals surface area (Å²) < 4.78 is 14.1. The minimum absolute atomic E-state index is 0.0278. The molecular weight excluding hydrogens is 187 g/mol. The third-order valence-electron chi connectivity index (χ3n) is 2.00. The van der Waals surface area contributed by atoms with Crippen LogP contribution in [0.25, 0.3) is 10.1 Å². The largest absolute Gasteiger partial charge is 0.391 e. The molecule has 0 spiro atoms. The molecule has 1 aromatic heterocycles. The highest BCUT2D eigenvalue weighted by Gasteiger charge is 2.04. The predicted molar refractivity (Wildman–Crippen MR) is 52.4 cm³/mol. The van der Waals surface area contributed by atoms with Crippen LogP contribution in [0.3, 0.4) is 0 Å². The molecule has 1 aromatic carbocycles. The predicted octanol–water partition coefficient (Wildman–Crippen LogP) is 2.84. The van der Waals surface area contributed by atoms with E-state index in [2.05, 4.69) is 0 Å². The third kappa shape index (κ3) is 1.45. The SMILES string of the molecule is Cc1cc2sc(CO)cc2cc1F. The van der Waals surface area contributed by atoms with Crippen molar-refractivity contribution in [2.45, 2.75) is 13.5 Å². The fourth-order valence-corrected chi connectivity index (χ4v) is 2.30. The van der Waals surface area contributed by atoms with Crippen LogP contribution in [-0.4, -0.2) is 5.11 Å². The second kappa shape index (κ2) is 3.09. The molecular formula is C10H9FOS. The molecule has 1 heterocycles. The molecule has 2 aromatic rings. The Hall–Kier alpha value is -0.930. The topological polar surface area (TPSA) is 20.2 Å². The van der Waals surface area contributed by atoms with E-state index in [1.54, 1.807) is 6.92 Å². The first-order chi connectivity index (χ1) is 6.20. The molecule has 0 saturated carbocycles. The van der Waals surface area contributed by atoms with Crippen molar-refractivity contribution in [1.82, 2.24) is 0 Å². The van der Waals surface area contributed by atoms with Gasteiger partial charge in [0.25, 0.3) is 0 Å². The molecule has 0 fully saturated rings. The Kier molecular flexibility index (Phi) is 2.06. The smallest absolute Gasteiger partial charge is 0.126 e. The van der Waals surface area contributed by atoms with Crippen LogP contribution in [0.1, 0.15) is 10.4 Å².